The Hall–Kier alpha value is -0.780. The van der Waals surface area contributed by atoms with Gasteiger partial charge >= 0.3 is 0 Å². The topological polar surface area (TPSA) is 0 Å². The van der Waals surface area contributed by atoms with E-state index in [4.69, 9.17) is 0 Å². The summed E-state index contributed by atoms with van der Waals surface area (Å²) in [7, 11) is 0. The van der Waals surface area contributed by atoms with Crippen molar-refractivity contribution in [2.75, 3.05) is 0 Å². The highest BCUT2D eigenvalue weighted by Gasteiger charge is 1.95. The van der Waals surface area contributed by atoms with Crippen molar-refractivity contribution in [2.24, 2.45) is 11.8 Å². The monoisotopic (exact) mass is 282 g/mol. The predicted molar refractivity (Wildman–Crippen MR) is 99.5 cm³/mol. The van der Waals surface area contributed by atoms with Crippen molar-refractivity contribution >= 4 is 0 Å². The fourth-order valence-electron chi connectivity index (χ4n) is 0.534. The van der Waals surface area contributed by atoms with E-state index in [0.29, 0.717) is 0 Å². The van der Waals surface area contributed by atoms with Crippen molar-refractivity contribution in [1.82, 2.24) is 0 Å². The minimum atomic E-state index is 0.852. The van der Waals surface area contributed by atoms with Gasteiger partial charge in [0.2, 0.25) is 0 Å². The molecule has 0 bridgehead atoms. The molecule has 0 saturated heterocycles. The molecule has 0 radical (unpaired) electrons. The quantitative estimate of drug-likeness (QED) is 0.493. The van der Waals surface area contributed by atoms with E-state index in [-0.39, 0.29) is 0 Å². The first-order valence-electron chi connectivity index (χ1n) is 8.47. The van der Waals surface area contributed by atoms with Gasteiger partial charge in [0.25, 0.3) is 0 Å². The number of hydrogen-bond acceptors (Lipinski definition) is 0. The molecule has 0 spiro atoms. The second kappa shape index (κ2) is 26.7. The first-order valence-corrected chi connectivity index (χ1v) is 8.47. The molecular weight excluding hydrogens is 240 g/mol. The first-order chi connectivity index (χ1) is 9.45. The summed E-state index contributed by atoms with van der Waals surface area (Å²) in [5.74, 6) is 1.70. The van der Waals surface area contributed by atoms with Gasteiger partial charge in [0, 0.05) is 0 Å². The van der Waals surface area contributed by atoms with Gasteiger partial charge in [0.1, 0.15) is 0 Å². The van der Waals surface area contributed by atoms with Gasteiger partial charge in [0.05, 0.1) is 0 Å². The minimum absolute atomic E-state index is 0.852. The summed E-state index contributed by atoms with van der Waals surface area (Å²) < 4.78 is 0. The number of hydrogen-bond donors (Lipinski definition) is 0. The molecule has 0 heterocycles. The van der Waals surface area contributed by atoms with Crippen LogP contribution in [0.15, 0.2) is 30.3 Å². The van der Waals surface area contributed by atoms with E-state index in [9.17, 15) is 0 Å². The summed E-state index contributed by atoms with van der Waals surface area (Å²) in [5, 5.41) is 0. The van der Waals surface area contributed by atoms with Gasteiger partial charge in [0.15, 0.2) is 0 Å². The van der Waals surface area contributed by atoms with Gasteiger partial charge in [-0.25, -0.2) is 0 Å². The summed E-state index contributed by atoms with van der Waals surface area (Å²) in [5.41, 5.74) is 1.32. The molecule has 0 saturated carbocycles. The Morgan fingerprint density at radius 3 is 1.05 bits per heavy atom. The van der Waals surface area contributed by atoms with E-state index < -0.39 is 0 Å². The number of aryl methyl sites for hydroxylation is 1. The predicted octanol–water partition coefficient (Wildman–Crippen LogP) is 7.76. The van der Waals surface area contributed by atoms with Gasteiger partial charge in [-0.2, -0.15) is 0 Å². The van der Waals surface area contributed by atoms with Gasteiger partial charge in [-0.3, -0.25) is 0 Å². The molecule has 0 fully saturated rings. The molecule has 20 heavy (non-hydrogen) atoms. The highest BCUT2D eigenvalue weighted by Crippen LogP contribution is 2.05. The van der Waals surface area contributed by atoms with Gasteiger partial charge in [-0.05, 0) is 18.8 Å². The van der Waals surface area contributed by atoms with Crippen LogP contribution >= 0.6 is 0 Å². The molecule has 0 N–H and O–H groups in total. The zero-order chi connectivity index (χ0) is 17.0. The molecule has 0 aliphatic rings. The molecule has 0 aliphatic carbocycles. The Kier molecular flexibility index (Phi) is 36.8. The summed E-state index contributed by atoms with van der Waals surface area (Å²) in [6, 6.07) is 10.3. The molecule has 1 rings (SSSR count). The molecule has 1 aromatic rings. The number of benzene rings is 1. The Morgan fingerprint density at radius 2 is 0.950 bits per heavy atom. The molecule has 0 heteroatoms. The highest BCUT2D eigenvalue weighted by atomic mass is 14.0. The van der Waals surface area contributed by atoms with Crippen LogP contribution < -0.4 is 0 Å². The van der Waals surface area contributed by atoms with E-state index in [0.717, 1.165) is 11.8 Å². The third-order valence-electron chi connectivity index (χ3n) is 2.27. The molecule has 1 aromatic carbocycles. The molecular formula is C20H42. The van der Waals surface area contributed by atoms with Crippen LogP contribution in [0.5, 0.6) is 0 Å². The van der Waals surface area contributed by atoms with E-state index >= 15 is 0 Å². The van der Waals surface area contributed by atoms with E-state index in [1.165, 1.54) is 12.0 Å². The summed E-state index contributed by atoms with van der Waals surface area (Å²) in [6.07, 6.45) is 1.25. The van der Waals surface area contributed by atoms with Crippen molar-refractivity contribution in [3.63, 3.8) is 0 Å². The van der Waals surface area contributed by atoms with E-state index in [1.54, 1.807) is 0 Å². The van der Waals surface area contributed by atoms with Crippen LogP contribution in [-0.2, 0) is 0 Å². The number of rotatable bonds is 1. The zero-order valence-corrected chi connectivity index (χ0v) is 16.2. The van der Waals surface area contributed by atoms with E-state index in [2.05, 4.69) is 60.6 Å². The van der Waals surface area contributed by atoms with Crippen LogP contribution in [0.2, 0.25) is 0 Å². The van der Waals surface area contributed by atoms with Crippen LogP contribution in [0.4, 0.5) is 0 Å². The SMILES string of the molecule is CC.CC.CC(C)C(C)C.CCC.Cc1ccccc1. The fraction of sp³-hybridized carbons (Fsp3) is 0.700. The molecule has 122 valence electrons. The van der Waals surface area contributed by atoms with Crippen LogP contribution in [-0.4, -0.2) is 0 Å². The zero-order valence-electron chi connectivity index (χ0n) is 16.2. The molecule has 0 amide bonds. The lowest BCUT2D eigenvalue weighted by molar-refractivity contribution is 0.457. The average Bonchev–Trinajstić information content (AvgIpc) is 2.45. The molecule has 0 aliphatic heterocycles. The Bertz CT molecular complexity index is 203. The third-order valence-corrected chi connectivity index (χ3v) is 2.27. The maximum absolute atomic E-state index is 2.24. The molecule has 0 aromatic heterocycles. The van der Waals surface area contributed by atoms with Crippen molar-refractivity contribution < 1.29 is 0 Å². The summed E-state index contributed by atoms with van der Waals surface area (Å²) in [6.45, 7) is 23.3. The van der Waals surface area contributed by atoms with Crippen molar-refractivity contribution in [3.05, 3.63) is 35.9 Å². The minimum Gasteiger partial charge on any atom is -0.0683 e. The lowest BCUT2D eigenvalue weighted by Gasteiger charge is -2.05. The second-order valence-electron chi connectivity index (χ2n) is 4.85. The van der Waals surface area contributed by atoms with Gasteiger partial charge in [-0.15, -0.1) is 0 Å². The lowest BCUT2D eigenvalue weighted by atomic mass is 10.0. The van der Waals surface area contributed by atoms with Crippen LogP contribution in [0, 0.1) is 18.8 Å². The van der Waals surface area contributed by atoms with Crippen molar-refractivity contribution in [2.45, 2.75) is 82.6 Å². The first kappa shape index (κ1) is 27.5. The normalized spacial score (nSPS) is 7.85. The van der Waals surface area contributed by atoms with Crippen LogP contribution in [0.3, 0.4) is 0 Å². The summed E-state index contributed by atoms with van der Waals surface area (Å²) >= 11 is 0. The Morgan fingerprint density at radius 1 is 0.700 bits per heavy atom. The van der Waals surface area contributed by atoms with Crippen molar-refractivity contribution in [1.29, 1.82) is 0 Å². The molecule has 0 unspecified atom stereocenters. The summed E-state index contributed by atoms with van der Waals surface area (Å²) in [4.78, 5) is 0. The Balaban J connectivity index is -0.0000000899. The van der Waals surface area contributed by atoms with E-state index in [1.807, 2.05) is 45.9 Å². The highest BCUT2D eigenvalue weighted by molar-refractivity contribution is 5.11. The van der Waals surface area contributed by atoms with Crippen LogP contribution in [0.25, 0.3) is 0 Å². The maximum Gasteiger partial charge on any atom is -0.0398 e. The smallest absolute Gasteiger partial charge is 0.0398 e. The second-order valence-corrected chi connectivity index (χ2v) is 4.85. The van der Waals surface area contributed by atoms with Crippen LogP contribution in [0.1, 0.15) is 81.2 Å². The third kappa shape index (κ3) is 36.0. The van der Waals surface area contributed by atoms with Crippen molar-refractivity contribution in [3.8, 4) is 0 Å². The van der Waals surface area contributed by atoms with Gasteiger partial charge in [-0.1, -0.05) is 112 Å². The fourth-order valence-corrected chi connectivity index (χ4v) is 0.534. The van der Waals surface area contributed by atoms with Gasteiger partial charge < -0.3 is 0 Å². The lowest BCUT2D eigenvalue weighted by Crippen LogP contribution is -1.95. The molecule has 0 nitrogen and oxygen atoms in total. The average molecular weight is 283 g/mol. The Labute approximate surface area is 131 Å². The standard InChI is InChI=1S/C7H8.C6H14.C3H8.2C2H6/c1-7-5-3-2-4-6-7;1-5(2)6(3)4;1-3-2;2*1-2/h2-6H,1H3;5-6H,1-4H3;3H2,1-2H3;2*1-2H3. The maximum atomic E-state index is 2.24. The largest absolute Gasteiger partial charge is 0.0683 e. The molecule has 0 atom stereocenters.